The molecule has 0 fully saturated rings. The third-order valence-corrected chi connectivity index (χ3v) is 14.8. The summed E-state index contributed by atoms with van der Waals surface area (Å²) in [6.45, 7) is 11.2. The zero-order valence-corrected chi connectivity index (χ0v) is 30.9. The van der Waals surface area contributed by atoms with Crippen molar-refractivity contribution in [3.8, 4) is 50.6 Å². The predicted octanol–water partition coefficient (Wildman–Crippen LogP) is 12.8. The van der Waals surface area contributed by atoms with Crippen molar-refractivity contribution in [2.75, 3.05) is 0 Å². The summed E-state index contributed by atoms with van der Waals surface area (Å²) in [6.07, 6.45) is 0. The van der Waals surface area contributed by atoms with Gasteiger partial charge in [0.05, 0.1) is 0 Å². The molecule has 248 valence electrons. The predicted molar refractivity (Wildman–Crippen MR) is 202 cm³/mol. The Morgan fingerprint density at radius 1 is 0.380 bits per heavy atom. The van der Waals surface area contributed by atoms with E-state index in [0.717, 1.165) is 54.5 Å². The van der Waals surface area contributed by atoms with Crippen molar-refractivity contribution in [1.29, 1.82) is 0 Å². The summed E-state index contributed by atoms with van der Waals surface area (Å²) in [5, 5.41) is 0. The van der Waals surface area contributed by atoms with Crippen molar-refractivity contribution >= 4 is 0 Å². The average molecular weight is 691 g/mol. The summed E-state index contributed by atoms with van der Waals surface area (Å²) in [5.74, 6) is 2.18. The number of benzene rings is 6. The zero-order chi connectivity index (χ0) is 34.7. The van der Waals surface area contributed by atoms with Crippen LogP contribution in [0.4, 0.5) is 0 Å². The Kier molecular flexibility index (Phi) is 9.38. The van der Waals surface area contributed by atoms with Crippen LogP contribution >= 0.6 is 0 Å². The molecule has 1 aliphatic rings. The van der Waals surface area contributed by atoms with E-state index in [1.807, 2.05) is 54.6 Å². The zero-order valence-electron chi connectivity index (χ0n) is 29.3. The molecular weight excluding hydrogens is 648 g/mol. The molecule has 6 aromatic rings. The van der Waals surface area contributed by atoms with Crippen LogP contribution in [-0.2, 0) is 17.8 Å². The van der Waals surface area contributed by atoms with E-state index in [-0.39, 0.29) is 5.41 Å². The van der Waals surface area contributed by atoms with Gasteiger partial charge in [-0.2, -0.15) is 0 Å². The second kappa shape index (κ2) is 14.0. The molecule has 0 saturated carbocycles. The van der Waals surface area contributed by atoms with Gasteiger partial charge in [0.15, 0.2) is 0 Å². The maximum atomic E-state index is 7.62. The van der Waals surface area contributed by atoms with Crippen LogP contribution < -0.4 is 9.96 Å². The van der Waals surface area contributed by atoms with Gasteiger partial charge in [0, 0.05) is 0 Å². The van der Waals surface area contributed by atoms with Crippen LogP contribution in [0.25, 0.3) is 33.4 Å². The second-order valence-corrected chi connectivity index (χ2v) is 16.8. The van der Waals surface area contributed by atoms with Gasteiger partial charge in [-0.05, 0) is 0 Å². The van der Waals surface area contributed by atoms with Crippen molar-refractivity contribution < 1.29 is 27.7 Å². The topological polar surface area (TPSA) is 27.7 Å². The Labute approximate surface area is 301 Å². The van der Waals surface area contributed by atoms with E-state index in [2.05, 4.69) is 144 Å². The fraction of sp³-hybridized carbons (Fsp3) is 0.130. The number of rotatable bonds is 10. The quantitative estimate of drug-likeness (QED) is 0.134. The first-order valence-corrected chi connectivity index (χ1v) is 19.9. The van der Waals surface area contributed by atoms with Crippen molar-refractivity contribution in [1.82, 2.24) is 0 Å². The van der Waals surface area contributed by atoms with Gasteiger partial charge in [-0.25, -0.2) is 0 Å². The summed E-state index contributed by atoms with van der Waals surface area (Å²) in [6, 6.07) is 55.9. The molecule has 0 spiro atoms. The molecule has 6 aromatic carbocycles. The Morgan fingerprint density at radius 3 is 0.980 bits per heavy atom. The second-order valence-electron chi connectivity index (χ2n) is 13.3. The Hall–Kier alpha value is -5.09. The molecule has 4 heteroatoms. The number of allylic oxidation sites excluding steroid dienone is 4. The van der Waals surface area contributed by atoms with Crippen LogP contribution in [-0.4, -0.2) is 0 Å². The van der Waals surface area contributed by atoms with E-state index < -0.39 is 17.8 Å². The summed E-state index contributed by atoms with van der Waals surface area (Å²) in [7, 11) is 0. The standard InChI is InChI=1S/3C12H10O.C10H15.Ti/c3*13-12-9-5-4-8-11(12)10-6-2-1-3-7-10;1-7-6-10(4,5)9(3)8(7)2;/h3*1-9,13H;1-5H3;/q;;;;+3/p-3. The van der Waals surface area contributed by atoms with Gasteiger partial charge in [-0.3, -0.25) is 0 Å². The van der Waals surface area contributed by atoms with E-state index >= 15 is 0 Å². The molecule has 7 rings (SSSR count). The Balaban J connectivity index is 1.51. The molecule has 0 unspecified atom stereocenters. The van der Waals surface area contributed by atoms with Crippen LogP contribution in [0.2, 0.25) is 0 Å². The van der Waals surface area contributed by atoms with E-state index in [0.29, 0.717) is 0 Å². The van der Waals surface area contributed by atoms with Crippen molar-refractivity contribution in [3.63, 3.8) is 0 Å². The molecule has 0 N–H and O–H groups in total. The third-order valence-electron chi connectivity index (χ3n) is 10.0. The molecule has 50 heavy (non-hydrogen) atoms. The molecular formula is C46H42O3Ti. The fourth-order valence-electron chi connectivity index (χ4n) is 7.09. The molecule has 0 amide bonds. The normalized spacial score (nSPS) is 14.1. The molecule has 0 atom stereocenters. The maximum absolute atomic E-state index is 7.62. The van der Waals surface area contributed by atoms with Crippen LogP contribution in [0.3, 0.4) is 0 Å². The third kappa shape index (κ3) is 6.36. The van der Waals surface area contributed by atoms with Crippen LogP contribution in [0.1, 0.15) is 34.6 Å². The first kappa shape index (κ1) is 33.4. The fourth-order valence-corrected chi connectivity index (χ4v) is 12.5. The molecule has 3 nitrogen and oxygen atoms in total. The average Bonchev–Trinajstić information content (AvgIpc) is 3.31. The van der Waals surface area contributed by atoms with Gasteiger partial charge in [0.1, 0.15) is 0 Å². The number of hydrogen-bond donors (Lipinski definition) is 0. The van der Waals surface area contributed by atoms with Crippen molar-refractivity contribution in [2.45, 2.75) is 34.6 Å². The first-order valence-electron chi connectivity index (χ1n) is 17.2. The van der Waals surface area contributed by atoms with Gasteiger partial charge < -0.3 is 0 Å². The van der Waals surface area contributed by atoms with E-state index in [9.17, 15) is 0 Å². The first-order chi connectivity index (χ1) is 24.3. The van der Waals surface area contributed by atoms with E-state index in [4.69, 9.17) is 9.96 Å². The van der Waals surface area contributed by atoms with Gasteiger partial charge in [-0.15, -0.1) is 0 Å². The number of hydrogen-bond acceptors (Lipinski definition) is 3. The minimum atomic E-state index is -4.82. The van der Waals surface area contributed by atoms with Crippen LogP contribution in [0.15, 0.2) is 184 Å². The minimum absolute atomic E-state index is 0.390. The van der Waals surface area contributed by atoms with E-state index in [1.54, 1.807) is 0 Å². The molecule has 0 aromatic heterocycles. The molecule has 0 heterocycles. The summed E-state index contributed by atoms with van der Waals surface area (Å²) in [5.41, 5.74) is 9.47. The van der Waals surface area contributed by atoms with Crippen LogP contribution in [0, 0.1) is 5.41 Å². The SMILES string of the molecule is CC1=C(C)C(C)(C)[C]([Ti]([O]c2ccccc2-c2ccccc2)([O]c2ccccc2-c2ccccc2)[O]c2ccccc2-c2ccccc2)=C1C. The Bertz CT molecular complexity index is 1980. The van der Waals surface area contributed by atoms with Crippen LogP contribution in [0.5, 0.6) is 17.2 Å². The Morgan fingerprint density at radius 2 is 0.680 bits per heavy atom. The van der Waals surface area contributed by atoms with Gasteiger partial charge in [-0.1, -0.05) is 0 Å². The summed E-state index contributed by atoms with van der Waals surface area (Å²) < 4.78 is 24.0. The molecule has 0 bridgehead atoms. The molecule has 0 radical (unpaired) electrons. The van der Waals surface area contributed by atoms with Crippen molar-refractivity contribution in [3.05, 3.63) is 184 Å². The van der Waals surface area contributed by atoms with E-state index in [1.165, 1.54) is 16.7 Å². The summed E-state index contributed by atoms with van der Waals surface area (Å²) in [4.78, 5) is 0. The van der Waals surface area contributed by atoms with Crippen molar-refractivity contribution in [2.24, 2.45) is 5.41 Å². The molecule has 0 saturated heterocycles. The molecule has 1 aliphatic carbocycles. The monoisotopic (exact) mass is 690 g/mol. The summed E-state index contributed by atoms with van der Waals surface area (Å²) >= 11 is -4.82. The number of para-hydroxylation sites is 3. The molecule has 0 aliphatic heterocycles. The van der Waals surface area contributed by atoms with Gasteiger partial charge >= 0.3 is 303 Å². The van der Waals surface area contributed by atoms with Gasteiger partial charge in [0.2, 0.25) is 0 Å². The van der Waals surface area contributed by atoms with Gasteiger partial charge in [0.25, 0.3) is 0 Å².